The van der Waals surface area contributed by atoms with Crippen molar-refractivity contribution in [2.75, 3.05) is 20.8 Å². The zero-order valence-electron chi connectivity index (χ0n) is 11.9. The first-order chi connectivity index (χ1) is 8.83. The predicted octanol–water partition coefficient (Wildman–Crippen LogP) is 2.50. The number of carboxylic acids is 1. The van der Waals surface area contributed by atoms with Gasteiger partial charge < -0.3 is 19.3 Å². The van der Waals surface area contributed by atoms with E-state index in [-0.39, 0.29) is 6.61 Å². The average molecular weight is 268 g/mol. The number of ether oxygens (including phenoxy) is 3. The highest BCUT2D eigenvalue weighted by molar-refractivity contribution is 5.73. The molecule has 0 bridgehead atoms. The lowest BCUT2D eigenvalue weighted by molar-refractivity contribution is -0.148. The van der Waals surface area contributed by atoms with Gasteiger partial charge >= 0.3 is 5.97 Å². The standard InChI is InChI=1S/C14H20O5/c1-9-6-7-10(17-4)12(18-5)11(9)19-8-14(2,3)13(15)16/h6-7H,8H2,1-5H3,(H,15,16). The molecule has 0 amide bonds. The van der Waals surface area contributed by atoms with E-state index in [1.54, 1.807) is 19.9 Å². The molecule has 106 valence electrons. The van der Waals surface area contributed by atoms with Crippen molar-refractivity contribution in [3.8, 4) is 17.2 Å². The van der Waals surface area contributed by atoms with E-state index in [0.717, 1.165) is 5.56 Å². The third-order valence-electron chi connectivity index (χ3n) is 2.85. The van der Waals surface area contributed by atoms with Crippen LogP contribution in [0.5, 0.6) is 17.2 Å². The molecule has 0 aliphatic rings. The smallest absolute Gasteiger partial charge is 0.312 e. The zero-order chi connectivity index (χ0) is 14.6. The minimum absolute atomic E-state index is 0.0483. The van der Waals surface area contributed by atoms with Crippen molar-refractivity contribution in [1.29, 1.82) is 0 Å². The monoisotopic (exact) mass is 268 g/mol. The molecule has 0 saturated carbocycles. The molecule has 0 saturated heterocycles. The number of rotatable bonds is 6. The van der Waals surface area contributed by atoms with Crippen LogP contribution in [-0.2, 0) is 4.79 Å². The average Bonchev–Trinajstić information content (AvgIpc) is 2.36. The van der Waals surface area contributed by atoms with Crippen LogP contribution in [0, 0.1) is 12.3 Å². The number of carbonyl (C=O) groups is 1. The van der Waals surface area contributed by atoms with Crippen LogP contribution in [-0.4, -0.2) is 31.9 Å². The number of benzene rings is 1. The molecule has 1 aromatic carbocycles. The Labute approximate surface area is 113 Å². The fourth-order valence-corrected chi connectivity index (χ4v) is 1.49. The summed E-state index contributed by atoms with van der Waals surface area (Å²) in [6.45, 7) is 5.13. The summed E-state index contributed by atoms with van der Waals surface area (Å²) in [5.41, 5.74) is -0.112. The molecule has 0 spiro atoms. The van der Waals surface area contributed by atoms with Crippen LogP contribution in [0.3, 0.4) is 0 Å². The van der Waals surface area contributed by atoms with Gasteiger partial charge in [-0.2, -0.15) is 0 Å². The third kappa shape index (κ3) is 3.30. The third-order valence-corrected chi connectivity index (χ3v) is 2.85. The molecule has 1 rings (SSSR count). The Morgan fingerprint density at radius 2 is 1.84 bits per heavy atom. The number of carboxylic acid groups (broad SMARTS) is 1. The highest BCUT2D eigenvalue weighted by Gasteiger charge is 2.29. The first-order valence-electron chi connectivity index (χ1n) is 5.91. The van der Waals surface area contributed by atoms with Crippen LogP contribution in [0.1, 0.15) is 19.4 Å². The van der Waals surface area contributed by atoms with Gasteiger partial charge in [0.25, 0.3) is 0 Å². The summed E-state index contributed by atoms with van der Waals surface area (Å²) in [7, 11) is 3.06. The first kappa shape index (κ1) is 15.1. The lowest BCUT2D eigenvalue weighted by Gasteiger charge is -2.22. The molecule has 0 atom stereocenters. The van der Waals surface area contributed by atoms with Gasteiger partial charge in [-0.3, -0.25) is 4.79 Å². The van der Waals surface area contributed by atoms with E-state index in [2.05, 4.69) is 0 Å². The van der Waals surface area contributed by atoms with Crippen molar-refractivity contribution < 1.29 is 24.1 Å². The van der Waals surface area contributed by atoms with E-state index in [1.807, 2.05) is 13.0 Å². The molecule has 0 aliphatic carbocycles. The van der Waals surface area contributed by atoms with E-state index in [1.165, 1.54) is 14.2 Å². The normalized spacial score (nSPS) is 11.0. The molecule has 0 aromatic heterocycles. The predicted molar refractivity (Wildman–Crippen MR) is 71.2 cm³/mol. The maximum Gasteiger partial charge on any atom is 0.312 e. The molecule has 19 heavy (non-hydrogen) atoms. The van der Waals surface area contributed by atoms with Gasteiger partial charge in [0, 0.05) is 0 Å². The Hall–Kier alpha value is -1.91. The Balaban J connectivity index is 3.04. The Kier molecular flexibility index (Phi) is 4.64. The van der Waals surface area contributed by atoms with Crippen LogP contribution in [0.2, 0.25) is 0 Å². The van der Waals surface area contributed by atoms with Crippen molar-refractivity contribution in [3.63, 3.8) is 0 Å². The van der Waals surface area contributed by atoms with Gasteiger partial charge in [-0.1, -0.05) is 6.07 Å². The Morgan fingerprint density at radius 1 is 1.21 bits per heavy atom. The second-order valence-electron chi connectivity index (χ2n) is 4.92. The van der Waals surface area contributed by atoms with Crippen LogP contribution in [0.4, 0.5) is 0 Å². The fourth-order valence-electron chi connectivity index (χ4n) is 1.49. The van der Waals surface area contributed by atoms with Gasteiger partial charge in [0.05, 0.1) is 19.6 Å². The molecule has 0 unspecified atom stereocenters. The second-order valence-corrected chi connectivity index (χ2v) is 4.92. The van der Waals surface area contributed by atoms with E-state index in [4.69, 9.17) is 19.3 Å². The molecular formula is C14H20O5. The van der Waals surface area contributed by atoms with Crippen molar-refractivity contribution in [2.45, 2.75) is 20.8 Å². The van der Waals surface area contributed by atoms with Crippen molar-refractivity contribution in [2.24, 2.45) is 5.41 Å². The van der Waals surface area contributed by atoms with Gasteiger partial charge in [0.2, 0.25) is 5.75 Å². The summed E-state index contributed by atoms with van der Waals surface area (Å²) >= 11 is 0. The summed E-state index contributed by atoms with van der Waals surface area (Å²) in [5, 5.41) is 9.08. The summed E-state index contributed by atoms with van der Waals surface area (Å²) in [6, 6.07) is 3.62. The second kappa shape index (κ2) is 5.82. The molecule has 0 aliphatic heterocycles. The molecule has 0 radical (unpaired) electrons. The van der Waals surface area contributed by atoms with Crippen molar-refractivity contribution in [1.82, 2.24) is 0 Å². The van der Waals surface area contributed by atoms with E-state index < -0.39 is 11.4 Å². The van der Waals surface area contributed by atoms with Gasteiger partial charge in [0.1, 0.15) is 6.61 Å². The Bertz CT molecular complexity index is 465. The SMILES string of the molecule is COc1ccc(C)c(OCC(C)(C)C(=O)O)c1OC. The highest BCUT2D eigenvalue weighted by Crippen LogP contribution is 2.40. The molecule has 0 fully saturated rings. The lowest BCUT2D eigenvalue weighted by Crippen LogP contribution is -2.30. The number of aryl methyl sites for hydroxylation is 1. The summed E-state index contributed by atoms with van der Waals surface area (Å²) in [4.78, 5) is 11.1. The van der Waals surface area contributed by atoms with Crippen LogP contribution in [0.15, 0.2) is 12.1 Å². The maximum absolute atomic E-state index is 11.1. The lowest BCUT2D eigenvalue weighted by atomic mass is 9.95. The molecule has 5 nitrogen and oxygen atoms in total. The van der Waals surface area contributed by atoms with Gasteiger partial charge in [0.15, 0.2) is 11.5 Å². The van der Waals surface area contributed by atoms with Gasteiger partial charge in [-0.05, 0) is 32.4 Å². The zero-order valence-corrected chi connectivity index (χ0v) is 11.9. The topological polar surface area (TPSA) is 65.0 Å². The van der Waals surface area contributed by atoms with Crippen LogP contribution < -0.4 is 14.2 Å². The summed E-state index contributed by atoms with van der Waals surface area (Å²) in [5.74, 6) is 0.628. The van der Waals surface area contributed by atoms with Crippen molar-refractivity contribution >= 4 is 5.97 Å². The Morgan fingerprint density at radius 3 is 2.32 bits per heavy atom. The number of hydrogen-bond acceptors (Lipinski definition) is 4. The molecule has 1 N–H and O–H groups in total. The van der Waals surface area contributed by atoms with E-state index >= 15 is 0 Å². The van der Waals surface area contributed by atoms with E-state index in [0.29, 0.717) is 17.2 Å². The number of aliphatic carboxylic acids is 1. The summed E-state index contributed by atoms with van der Waals surface area (Å²) < 4.78 is 16.1. The highest BCUT2D eigenvalue weighted by atomic mass is 16.5. The molecule has 0 heterocycles. The summed E-state index contributed by atoms with van der Waals surface area (Å²) in [6.07, 6.45) is 0. The molecule has 1 aromatic rings. The molecule has 5 heteroatoms. The molecular weight excluding hydrogens is 248 g/mol. The number of hydrogen-bond donors (Lipinski definition) is 1. The van der Waals surface area contributed by atoms with Crippen LogP contribution in [0.25, 0.3) is 0 Å². The van der Waals surface area contributed by atoms with Gasteiger partial charge in [-0.15, -0.1) is 0 Å². The van der Waals surface area contributed by atoms with Crippen molar-refractivity contribution in [3.05, 3.63) is 17.7 Å². The maximum atomic E-state index is 11.1. The largest absolute Gasteiger partial charge is 0.493 e. The minimum atomic E-state index is -0.972. The minimum Gasteiger partial charge on any atom is -0.493 e. The van der Waals surface area contributed by atoms with E-state index in [9.17, 15) is 4.79 Å². The van der Waals surface area contributed by atoms with Crippen LogP contribution >= 0.6 is 0 Å². The first-order valence-corrected chi connectivity index (χ1v) is 5.91. The fraction of sp³-hybridized carbons (Fsp3) is 0.500. The van der Waals surface area contributed by atoms with Gasteiger partial charge in [-0.25, -0.2) is 0 Å². The number of methoxy groups -OCH3 is 2. The quantitative estimate of drug-likeness (QED) is 0.858.